The summed E-state index contributed by atoms with van der Waals surface area (Å²) in [6, 6.07) is 9.13. The summed E-state index contributed by atoms with van der Waals surface area (Å²) in [6.07, 6.45) is 2.85. The fourth-order valence-electron chi connectivity index (χ4n) is 1.62. The molecule has 20 heavy (non-hydrogen) atoms. The Bertz CT molecular complexity index is 696. The summed E-state index contributed by atoms with van der Waals surface area (Å²) in [6.45, 7) is 0. The minimum Gasteiger partial charge on any atom is -0.508 e. The van der Waals surface area contributed by atoms with E-state index in [-0.39, 0.29) is 22.8 Å². The Kier molecular flexibility index (Phi) is 4.47. The van der Waals surface area contributed by atoms with E-state index >= 15 is 0 Å². The summed E-state index contributed by atoms with van der Waals surface area (Å²) < 4.78 is 0.692. The Balaban J connectivity index is 2.24. The molecule has 0 fully saturated rings. The topological polar surface area (TPSA) is 57.5 Å². The summed E-state index contributed by atoms with van der Waals surface area (Å²) >= 11 is 9.14. The van der Waals surface area contributed by atoms with Crippen LogP contribution < -0.4 is 0 Å². The van der Waals surface area contributed by atoms with Crippen molar-refractivity contribution < 1.29 is 15.0 Å². The molecule has 2 aromatic rings. The highest BCUT2D eigenvalue weighted by Gasteiger charge is 2.08. The van der Waals surface area contributed by atoms with E-state index in [9.17, 15) is 15.0 Å². The summed E-state index contributed by atoms with van der Waals surface area (Å²) in [5, 5.41) is 19.3. The van der Waals surface area contributed by atoms with Gasteiger partial charge in [0.05, 0.1) is 10.6 Å². The van der Waals surface area contributed by atoms with E-state index in [1.165, 1.54) is 36.4 Å². The highest BCUT2D eigenvalue weighted by Crippen LogP contribution is 2.25. The van der Waals surface area contributed by atoms with E-state index in [2.05, 4.69) is 15.9 Å². The molecule has 2 aromatic carbocycles. The molecule has 5 heteroatoms. The predicted octanol–water partition coefficient (Wildman–Crippen LogP) is 4.41. The van der Waals surface area contributed by atoms with Crippen LogP contribution in [-0.2, 0) is 0 Å². The Morgan fingerprint density at radius 1 is 1.15 bits per heavy atom. The molecule has 0 saturated heterocycles. The number of phenols is 2. The van der Waals surface area contributed by atoms with Crippen LogP contribution in [0.5, 0.6) is 11.5 Å². The fourth-order valence-corrected chi connectivity index (χ4v) is 2.21. The molecule has 0 aliphatic carbocycles. The molecule has 102 valence electrons. The first-order valence-corrected chi connectivity index (χ1v) is 6.84. The molecule has 0 unspecified atom stereocenters. The number of hydrogen-bond donors (Lipinski definition) is 2. The number of rotatable bonds is 3. The zero-order valence-electron chi connectivity index (χ0n) is 10.2. The second-order valence-corrected chi connectivity index (χ2v) is 5.39. The van der Waals surface area contributed by atoms with Gasteiger partial charge in [0.15, 0.2) is 5.78 Å². The number of halogens is 2. The fraction of sp³-hybridized carbons (Fsp3) is 0. The van der Waals surface area contributed by atoms with Crippen molar-refractivity contribution in [3.05, 3.63) is 63.1 Å². The second kappa shape index (κ2) is 6.11. The first-order valence-electron chi connectivity index (χ1n) is 5.67. The van der Waals surface area contributed by atoms with Gasteiger partial charge in [-0.3, -0.25) is 4.79 Å². The van der Waals surface area contributed by atoms with Crippen molar-refractivity contribution in [3.8, 4) is 11.5 Å². The normalized spacial score (nSPS) is 10.9. The lowest BCUT2D eigenvalue weighted by Crippen LogP contribution is -1.94. The number of allylic oxidation sites excluding steroid dienone is 1. The summed E-state index contributed by atoms with van der Waals surface area (Å²) in [5.41, 5.74) is 0.814. The second-order valence-electron chi connectivity index (χ2n) is 4.06. The highest BCUT2D eigenvalue weighted by atomic mass is 79.9. The number of phenolic OH excluding ortho intramolecular Hbond substituents is 2. The van der Waals surface area contributed by atoms with Crippen LogP contribution in [0.25, 0.3) is 6.08 Å². The minimum absolute atomic E-state index is 0.0593. The molecule has 0 amide bonds. The Hall–Kier alpha value is -1.78. The molecule has 3 nitrogen and oxygen atoms in total. The van der Waals surface area contributed by atoms with Crippen LogP contribution >= 0.6 is 27.5 Å². The highest BCUT2D eigenvalue weighted by molar-refractivity contribution is 9.10. The van der Waals surface area contributed by atoms with Gasteiger partial charge in [-0.1, -0.05) is 27.5 Å². The number of aromatic hydroxyl groups is 2. The van der Waals surface area contributed by atoms with Gasteiger partial charge in [-0.25, -0.2) is 0 Å². The number of hydrogen-bond acceptors (Lipinski definition) is 3. The van der Waals surface area contributed by atoms with Gasteiger partial charge in [0, 0.05) is 4.47 Å². The van der Waals surface area contributed by atoms with Crippen molar-refractivity contribution in [1.82, 2.24) is 0 Å². The van der Waals surface area contributed by atoms with Crippen molar-refractivity contribution in [2.75, 3.05) is 0 Å². The Morgan fingerprint density at radius 2 is 1.90 bits per heavy atom. The summed E-state index contributed by atoms with van der Waals surface area (Å²) in [5.74, 6) is -0.367. The van der Waals surface area contributed by atoms with Crippen LogP contribution in [0, 0.1) is 0 Å². The molecule has 2 rings (SSSR count). The maximum atomic E-state index is 12.0. The van der Waals surface area contributed by atoms with Crippen molar-refractivity contribution in [2.45, 2.75) is 0 Å². The molecule has 0 spiro atoms. The molecular formula is C15H10BrClO3. The van der Waals surface area contributed by atoms with E-state index in [1.54, 1.807) is 12.1 Å². The number of carbonyl (C=O) groups is 1. The molecule has 0 atom stereocenters. The molecule has 0 aromatic heterocycles. The predicted molar refractivity (Wildman–Crippen MR) is 82.3 cm³/mol. The number of ketones is 1. The van der Waals surface area contributed by atoms with Gasteiger partial charge in [0.1, 0.15) is 11.5 Å². The van der Waals surface area contributed by atoms with Gasteiger partial charge in [0.2, 0.25) is 0 Å². The zero-order valence-corrected chi connectivity index (χ0v) is 12.5. The first kappa shape index (κ1) is 14.6. The quantitative estimate of drug-likeness (QED) is 0.635. The van der Waals surface area contributed by atoms with Gasteiger partial charge in [0.25, 0.3) is 0 Å². The lowest BCUT2D eigenvalue weighted by atomic mass is 10.1. The molecule has 0 bridgehead atoms. The molecule has 0 radical (unpaired) electrons. The Morgan fingerprint density at radius 3 is 2.55 bits per heavy atom. The average Bonchev–Trinajstić information content (AvgIpc) is 2.37. The number of carbonyl (C=O) groups excluding carboxylic acids is 1. The van der Waals surface area contributed by atoms with Crippen molar-refractivity contribution in [2.24, 2.45) is 0 Å². The molecule has 2 N–H and O–H groups in total. The smallest absolute Gasteiger partial charge is 0.189 e. The van der Waals surface area contributed by atoms with Crippen LogP contribution in [0.15, 0.2) is 46.9 Å². The SMILES string of the molecule is O=C(/C=C/c1ccc(O)cc1Cl)c1ccc(Br)cc1O. The molecule has 0 saturated carbocycles. The van der Waals surface area contributed by atoms with Crippen LogP contribution in [0.3, 0.4) is 0 Å². The third-order valence-electron chi connectivity index (χ3n) is 2.62. The average molecular weight is 354 g/mol. The van der Waals surface area contributed by atoms with E-state index in [4.69, 9.17) is 11.6 Å². The van der Waals surface area contributed by atoms with Crippen LogP contribution in [0.4, 0.5) is 0 Å². The third kappa shape index (κ3) is 3.40. The van der Waals surface area contributed by atoms with Gasteiger partial charge < -0.3 is 10.2 Å². The lowest BCUT2D eigenvalue weighted by Gasteiger charge is -2.02. The van der Waals surface area contributed by atoms with Crippen LogP contribution in [-0.4, -0.2) is 16.0 Å². The maximum Gasteiger partial charge on any atom is 0.189 e. The first-order chi connectivity index (χ1) is 9.47. The maximum absolute atomic E-state index is 12.0. The van der Waals surface area contributed by atoms with E-state index < -0.39 is 0 Å². The summed E-state index contributed by atoms with van der Waals surface area (Å²) in [7, 11) is 0. The molecule has 0 heterocycles. The van der Waals surface area contributed by atoms with Gasteiger partial charge >= 0.3 is 0 Å². The standard InChI is InChI=1S/C15H10BrClO3/c16-10-3-5-12(15(20)7-10)14(19)6-2-9-1-4-11(18)8-13(9)17/h1-8,18,20H/b6-2+. The largest absolute Gasteiger partial charge is 0.508 e. The van der Waals surface area contributed by atoms with E-state index in [0.717, 1.165) is 0 Å². The van der Waals surface area contributed by atoms with Crippen molar-refractivity contribution in [1.29, 1.82) is 0 Å². The van der Waals surface area contributed by atoms with Gasteiger partial charge in [-0.2, -0.15) is 0 Å². The third-order valence-corrected chi connectivity index (χ3v) is 3.44. The lowest BCUT2D eigenvalue weighted by molar-refractivity contribution is 0.104. The molecule has 0 aliphatic heterocycles. The van der Waals surface area contributed by atoms with Crippen LogP contribution in [0.1, 0.15) is 15.9 Å². The minimum atomic E-state index is -0.334. The molecular weight excluding hydrogens is 344 g/mol. The van der Waals surface area contributed by atoms with Gasteiger partial charge in [-0.15, -0.1) is 0 Å². The molecule has 0 aliphatic rings. The van der Waals surface area contributed by atoms with Crippen molar-refractivity contribution >= 4 is 39.4 Å². The van der Waals surface area contributed by atoms with Crippen molar-refractivity contribution in [3.63, 3.8) is 0 Å². The number of benzene rings is 2. The van der Waals surface area contributed by atoms with Gasteiger partial charge in [-0.05, 0) is 54.1 Å². The van der Waals surface area contributed by atoms with E-state index in [0.29, 0.717) is 15.1 Å². The monoisotopic (exact) mass is 352 g/mol. The zero-order chi connectivity index (χ0) is 14.7. The van der Waals surface area contributed by atoms with Crippen LogP contribution in [0.2, 0.25) is 5.02 Å². The Labute approximate surface area is 129 Å². The summed E-state index contributed by atoms with van der Waals surface area (Å²) in [4.78, 5) is 12.0. The van der Waals surface area contributed by atoms with E-state index in [1.807, 2.05) is 0 Å².